The Bertz CT molecular complexity index is 989. The van der Waals surface area contributed by atoms with Crippen LogP contribution in [0.1, 0.15) is 18.1 Å². The zero-order chi connectivity index (χ0) is 23.1. The van der Waals surface area contributed by atoms with E-state index in [1.54, 1.807) is 0 Å². The molecule has 0 aromatic heterocycles. The van der Waals surface area contributed by atoms with Crippen LogP contribution >= 0.6 is 0 Å². The number of nitrogens with one attached hydrogen (secondary N) is 1. The van der Waals surface area contributed by atoms with Crippen molar-refractivity contribution >= 4 is 15.9 Å². The highest BCUT2D eigenvalue weighted by Crippen LogP contribution is 2.15. The average molecular weight is 463 g/mol. The molecule has 2 aromatic carbocycles. The predicted molar refractivity (Wildman–Crippen MR) is 122 cm³/mol. The van der Waals surface area contributed by atoms with Gasteiger partial charge in [0.05, 0.1) is 11.4 Å². The Morgan fingerprint density at radius 2 is 1.53 bits per heavy atom. The number of benzene rings is 2. The van der Waals surface area contributed by atoms with Gasteiger partial charge in [-0.2, -0.15) is 4.31 Å². The van der Waals surface area contributed by atoms with Gasteiger partial charge in [-0.3, -0.25) is 9.69 Å². The highest BCUT2D eigenvalue weighted by Gasteiger charge is 2.23. The summed E-state index contributed by atoms with van der Waals surface area (Å²) < 4.78 is 39.0. The van der Waals surface area contributed by atoms with Crippen LogP contribution in [0.5, 0.6) is 0 Å². The van der Waals surface area contributed by atoms with Crippen molar-refractivity contribution in [2.45, 2.75) is 24.9 Å². The number of halogens is 1. The molecule has 0 atom stereocenters. The molecule has 0 unspecified atom stereocenters. The zero-order valence-electron chi connectivity index (χ0n) is 18.6. The van der Waals surface area contributed by atoms with Crippen LogP contribution in [-0.4, -0.2) is 74.7 Å². The van der Waals surface area contributed by atoms with Crippen LogP contribution in [0.4, 0.5) is 4.39 Å². The van der Waals surface area contributed by atoms with Crippen LogP contribution in [-0.2, 0) is 27.9 Å². The molecule has 7 nitrogen and oxygen atoms in total. The fourth-order valence-electron chi connectivity index (χ4n) is 3.61. The molecule has 1 aliphatic heterocycles. The number of likely N-dealkylation sites (N-methyl/N-ethyl adjacent to an activating group) is 2. The molecule has 1 saturated heterocycles. The summed E-state index contributed by atoms with van der Waals surface area (Å²) >= 11 is 0. The van der Waals surface area contributed by atoms with Crippen molar-refractivity contribution in [3.63, 3.8) is 0 Å². The standard InChI is InChI=1S/C23H31FN4O3S/c1-3-27-12-14-28(15-13-27)17-20-6-4-19(5-7-20)16-25-23(29)18-26(2)32(30,31)22-10-8-21(24)9-11-22/h4-11H,3,12-18H2,1-2H3,(H,25,29). The Kier molecular flexibility index (Phi) is 8.36. The topological polar surface area (TPSA) is 73.0 Å². The second-order valence-electron chi connectivity index (χ2n) is 8.02. The lowest BCUT2D eigenvalue weighted by atomic mass is 10.1. The molecule has 9 heteroatoms. The number of sulfonamides is 1. The smallest absolute Gasteiger partial charge is 0.243 e. The largest absolute Gasteiger partial charge is 0.351 e. The Balaban J connectivity index is 1.46. The van der Waals surface area contributed by atoms with Gasteiger partial charge in [-0.1, -0.05) is 31.2 Å². The van der Waals surface area contributed by atoms with E-state index >= 15 is 0 Å². The van der Waals surface area contributed by atoms with Crippen molar-refractivity contribution in [2.75, 3.05) is 46.3 Å². The Labute approximate surface area is 189 Å². The van der Waals surface area contributed by atoms with Gasteiger partial charge in [-0.05, 0) is 41.9 Å². The number of amides is 1. The molecule has 1 amide bonds. The van der Waals surface area contributed by atoms with E-state index in [4.69, 9.17) is 0 Å². The first-order chi connectivity index (χ1) is 15.3. The van der Waals surface area contributed by atoms with E-state index in [0.29, 0.717) is 6.54 Å². The third-order valence-electron chi connectivity index (χ3n) is 5.72. The summed E-state index contributed by atoms with van der Waals surface area (Å²) in [4.78, 5) is 17.1. The van der Waals surface area contributed by atoms with E-state index in [1.807, 2.05) is 12.1 Å². The summed E-state index contributed by atoms with van der Waals surface area (Å²) in [6.07, 6.45) is 0. The maximum atomic E-state index is 13.0. The van der Waals surface area contributed by atoms with E-state index in [0.717, 1.165) is 61.3 Å². The van der Waals surface area contributed by atoms with Gasteiger partial charge in [0, 0.05) is 46.3 Å². The van der Waals surface area contributed by atoms with Crippen molar-refractivity contribution in [3.05, 3.63) is 65.5 Å². The molecule has 0 spiro atoms. The zero-order valence-corrected chi connectivity index (χ0v) is 19.4. The second-order valence-corrected chi connectivity index (χ2v) is 10.1. The van der Waals surface area contributed by atoms with E-state index in [1.165, 1.54) is 24.7 Å². The van der Waals surface area contributed by atoms with E-state index in [-0.39, 0.29) is 11.4 Å². The first kappa shape index (κ1) is 24.3. The van der Waals surface area contributed by atoms with Gasteiger partial charge in [-0.15, -0.1) is 0 Å². The van der Waals surface area contributed by atoms with Gasteiger partial charge in [-0.25, -0.2) is 12.8 Å². The number of hydrogen-bond acceptors (Lipinski definition) is 5. The summed E-state index contributed by atoms with van der Waals surface area (Å²) in [5, 5.41) is 2.75. The van der Waals surface area contributed by atoms with Gasteiger partial charge >= 0.3 is 0 Å². The highest BCUT2D eigenvalue weighted by atomic mass is 32.2. The lowest BCUT2D eigenvalue weighted by Crippen LogP contribution is -2.45. The Hall–Kier alpha value is -2.33. The number of carbonyl (C=O) groups excluding carboxylic acids is 1. The minimum Gasteiger partial charge on any atom is -0.351 e. The van der Waals surface area contributed by atoms with Crippen molar-refractivity contribution in [1.82, 2.24) is 19.4 Å². The molecule has 32 heavy (non-hydrogen) atoms. The maximum absolute atomic E-state index is 13.0. The molecule has 0 saturated carbocycles. The minimum atomic E-state index is -3.86. The lowest BCUT2D eigenvalue weighted by molar-refractivity contribution is -0.121. The van der Waals surface area contributed by atoms with Gasteiger partial charge < -0.3 is 10.2 Å². The van der Waals surface area contributed by atoms with Crippen LogP contribution in [0.25, 0.3) is 0 Å². The third kappa shape index (κ3) is 6.59. The molecule has 1 aliphatic rings. The molecule has 2 aromatic rings. The monoisotopic (exact) mass is 462 g/mol. The van der Waals surface area contributed by atoms with Crippen LogP contribution in [0.2, 0.25) is 0 Å². The van der Waals surface area contributed by atoms with Gasteiger partial charge in [0.2, 0.25) is 15.9 Å². The Morgan fingerprint density at radius 1 is 0.969 bits per heavy atom. The minimum absolute atomic E-state index is 0.0547. The summed E-state index contributed by atoms with van der Waals surface area (Å²) in [6.45, 7) is 8.55. The van der Waals surface area contributed by atoms with Gasteiger partial charge in [0.1, 0.15) is 5.82 Å². The fourth-order valence-corrected chi connectivity index (χ4v) is 4.74. The average Bonchev–Trinajstić information content (AvgIpc) is 2.79. The van der Waals surface area contributed by atoms with Crippen molar-refractivity contribution < 1.29 is 17.6 Å². The van der Waals surface area contributed by atoms with Gasteiger partial charge in [0.25, 0.3) is 0 Å². The SMILES string of the molecule is CCN1CCN(Cc2ccc(CNC(=O)CN(C)S(=O)(=O)c3ccc(F)cc3)cc2)CC1. The first-order valence-electron chi connectivity index (χ1n) is 10.8. The van der Waals surface area contributed by atoms with E-state index in [9.17, 15) is 17.6 Å². The molecule has 0 aliphatic carbocycles. The molecule has 174 valence electrons. The summed E-state index contributed by atoms with van der Waals surface area (Å²) in [5.74, 6) is -0.925. The quantitative estimate of drug-likeness (QED) is 0.616. The third-order valence-corrected chi connectivity index (χ3v) is 7.54. The van der Waals surface area contributed by atoms with E-state index < -0.39 is 21.7 Å². The normalized spacial score (nSPS) is 15.8. The second kappa shape index (κ2) is 11.0. The molecule has 1 N–H and O–H groups in total. The number of piperazine rings is 1. The fraction of sp³-hybridized carbons (Fsp3) is 0.435. The number of hydrogen-bond donors (Lipinski definition) is 1. The summed E-state index contributed by atoms with van der Waals surface area (Å²) in [6, 6.07) is 12.6. The summed E-state index contributed by atoms with van der Waals surface area (Å²) in [5.41, 5.74) is 2.18. The number of nitrogens with zero attached hydrogens (tertiary/aromatic N) is 3. The molecule has 3 rings (SSSR count). The van der Waals surface area contributed by atoms with Crippen molar-refractivity contribution in [2.24, 2.45) is 0 Å². The molecular weight excluding hydrogens is 431 g/mol. The molecular formula is C23H31FN4O3S. The number of rotatable bonds is 9. The predicted octanol–water partition coefficient (Wildman–Crippen LogP) is 1.90. The van der Waals surface area contributed by atoms with Crippen LogP contribution in [0.3, 0.4) is 0 Å². The van der Waals surface area contributed by atoms with Crippen molar-refractivity contribution in [1.29, 1.82) is 0 Å². The Morgan fingerprint density at radius 3 is 2.12 bits per heavy atom. The molecule has 0 radical (unpaired) electrons. The van der Waals surface area contributed by atoms with Crippen LogP contribution in [0.15, 0.2) is 53.4 Å². The van der Waals surface area contributed by atoms with E-state index in [2.05, 4.69) is 34.2 Å². The molecule has 1 fully saturated rings. The van der Waals surface area contributed by atoms with Crippen molar-refractivity contribution in [3.8, 4) is 0 Å². The highest BCUT2D eigenvalue weighted by molar-refractivity contribution is 7.89. The molecule has 0 bridgehead atoms. The van der Waals surface area contributed by atoms with Crippen LogP contribution in [0, 0.1) is 5.82 Å². The van der Waals surface area contributed by atoms with Crippen LogP contribution < -0.4 is 5.32 Å². The first-order valence-corrected chi connectivity index (χ1v) is 12.2. The number of carbonyl (C=O) groups is 1. The molecule has 1 heterocycles. The lowest BCUT2D eigenvalue weighted by Gasteiger charge is -2.34. The van der Waals surface area contributed by atoms with Gasteiger partial charge in [0.15, 0.2) is 0 Å². The summed E-state index contributed by atoms with van der Waals surface area (Å²) in [7, 11) is -2.53. The maximum Gasteiger partial charge on any atom is 0.243 e.